The second-order valence-corrected chi connectivity index (χ2v) is 26.9. The van der Waals surface area contributed by atoms with Gasteiger partial charge in [0.25, 0.3) is 0 Å². The molecule has 0 aliphatic heterocycles. The third-order valence-corrected chi connectivity index (χ3v) is 20.2. The minimum absolute atomic E-state index is 0.622. The van der Waals surface area contributed by atoms with Crippen LogP contribution in [0.4, 0.5) is 0 Å². The molecule has 93 heavy (non-hydrogen) atoms. The average Bonchev–Trinajstić information content (AvgIpc) is 1.59. The maximum Gasteiger partial charge on any atom is 0.160 e. The van der Waals surface area contributed by atoms with E-state index in [4.69, 9.17) is 15.0 Å². The molecule has 0 amide bonds. The van der Waals surface area contributed by atoms with Crippen molar-refractivity contribution in [3.05, 3.63) is 281 Å². The molecule has 0 radical (unpaired) electrons. The van der Waals surface area contributed by atoms with Gasteiger partial charge in [-0.1, -0.05) is 170 Å². The highest BCUT2D eigenvalue weighted by molar-refractivity contribution is 7.21. The first-order valence-corrected chi connectivity index (χ1v) is 32.9. The van der Waals surface area contributed by atoms with Crippen molar-refractivity contribution in [2.24, 2.45) is 0 Å². The normalized spacial score (nSPS) is 12.1. The van der Waals surface area contributed by atoms with Gasteiger partial charge in [-0.25, -0.2) is 15.0 Å². The molecule has 0 spiro atoms. The van der Waals surface area contributed by atoms with E-state index < -0.39 is 0 Å². The van der Waals surface area contributed by atoms with E-state index in [1.54, 1.807) is 11.3 Å². The van der Waals surface area contributed by atoms with Crippen molar-refractivity contribution in [1.82, 2.24) is 33.2 Å². The average molecular weight is 1210 g/mol. The summed E-state index contributed by atoms with van der Waals surface area (Å²) in [6, 6.07) is 88.3. The Balaban J connectivity index is 1.25. The van der Waals surface area contributed by atoms with Gasteiger partial charge in [-0.15, -0.1) is 11.3 Å². The summed E-state index contributed by atoms with van der Waals surface area (Å²) in [4.78, 5) is 17.8. The molecule has 0 N–H and O–H groups in total. The minimum Gasteiger partial charge on any atom is -0.306 e. The number of rotatable bonds is 8. The fraction of sp³-hybridized carbons (Fsp3) is 0.0941. The van der Waals surface area contributed by atoms with Crippen LogP contribution in [0.5, 0.6) is 0 Å². The van der Waals surface area contributed by atoms with E-state index in [1.165, 1.54) is 0 Å². The monoisotopic (exact) mass is 1210 g/mol. The number of hydrogen-bond acceptors (Lipinski definition) is 4. The van der Waals surface area contributed by atoms with Gasteiger partial charge in [0, 0.05) is 54.2 Å². The molecule has 0 fully saturated rings. The van der Waals surface area contributed by atoms with Crippen LogP contribution in [0.2, 0.25) is 0 Å². The van der Waals surface area contributed by atoms with Crippen LogP contribution in [0.25, 0.3) is 165 Å². The molecule has 0 unspecified atom stereocenters. The quantitative estimate of drug-likeness (QED) is 0.152. The van der Waals surface area contributed by atoms with Crippen molar-refractivity contribution < 1.29 is 0 Å². The molecule has 12 aromatic carbocycles. The van der Waals surface area contributed by atoms with Crippen LogP contribution in [-0.4, -0.2) is 33.2 Å². The molecule has 7 nitrogen and oxygen atoms in total. The second-order valence-electron chi connectivity index (χ2n) is 25.8. The van der Waals surface area contributed by atoms with E-state index >= 15 is 0 Å². The molecule has 18 rings (SSSR count). The highest BCUT2D eigenvalue weighted by atomic mass is 32.1. The molecule has 8 heteroatoms. The van der Waals surface area contributed by atoms with E-state index in [1.807, 2.05) is 0 Å². The summed E-state index contributed by atoms with van der Waals surface area (Å²) in [6.45, 7) is 17.8. The first-order chi connectivity index (χ1) is 45.4. The number of hydrogen-bond donors (Lipinski definition) is 0. The summed E-state index contributed by atoms with van der Waals surface area (Å²) in [5.41, 5.74) is 28.1. The predicted octanol–water partition coefficient (Wildman–Crippen LogP) is 22.6. The molecule has 0 aliphatic rings. The Bertz CT molecular complexity index is 5600. The molecule has 0 atom stereocenters. The molecular weight excluding hydrogens is 1150 g/mol. The van der Waals surface area contributed by atoms with Crippen molar-refractivity contribution in [1.29, 1.82) is 0 Å². The number of para-hydroxylation sites is 1. The Hall–Kier alpha value is -11.2. The van der Waals surface area contributed by atoms with Gasteiger partial charge in [0.2, 0.25) is 0 Å². The van der Waals surface area contributed by atoms with Gasteiger partial charge in [-0.2, -0.15) is 0 Å². The lowest BCUT2D eigenvalue weighted by Crippen LogP contribution is -2.16. The third-order valence-electron chi connectivity index (χ3n) is 19.2. The van der Waals surface area contributed by atoms with E-state index in [0.29, 0.717) is 5.82 Å². The highest BCUT2D eigenvalue weighted by Crippen LogP contribution is 2.56. The number of aryl methyl sites for hydroxylation is 8. The summed E-state index contributed by atoms with van der Waals surface area (Å²) < 4.78 is 11.6. The fourth-order valence-corrected chi connectivity index (χ4v) is 16.0. The summed E-state index contributed by atoms with van der Waals surface area (Å²) in [5, 5.41) is 10.2. The first-order valence-electron chi connectivity index (χ1n) is 32.1. The number of benzene rings is 12. The van der Waals surface area contributed by atoms with Gasteiger partial charge in [0.05, 0.1) is 99.6 Å². The van der Waals surface area contributed by atoms with E-state index in [0.717, 1.165) is 203 Å². The van der Waals surface area contributed by atoms with E-state index in [9.17, 15) is 0 Å². The third kappa shape index (κ3) is 8.44. The largest absolute Gasteiger partial charge is 0.306 e. The topological polar surface area (TPSA) is 58.4 Å². The molecule has 0 bridgehead atoms. The number of nitrogens with zero attached hydrogens (tertiary/aromatic N) is 7. The van der Waals surface area contributed by atoms with Crippen LogP contribution in [0.15, 0.2) is 237 Å². The van der Waals surface area contributed by atoms with Gasteiger partial charge < -0.3 is 18.3 Å². The summed E-state index contributed by atoms with van der Waals surface area (Å²) in [5.74, 6) is 0.622. The lowest BCUT2D eigenvalue weighted by Gasteiger charge is -2.30. The Morgan fingerprint density at radius 3 is 0.882 bits per heavy atom. The summed E-state index contributed by atoms with van der Waals surface area (Å²) >= 11 is 1.76. The molecular formula is C85H63N7S. The van der Waals surface area contributed by atoms with Gasteiger partial charge in [0.15, 0.2) is 5.82 Å². The van der Waals surface area contributed by atoms with Crippen LogP contribution in [0, 0.1) is 55.4 Å². The van der Waals surface area contributed by atoms with Gasteiger partial charge in [0.1, 0.15) is 5.01 Å². The summed E-state index contributed by atoms with van der Waals surface area (Å²) in [7, 11) is 0. The first kappa shape index (κ1) is 54.7. The maximum absolute atomic E-state index is 6.15. The second kappa shape index (κ2) is 20.7. The lowest BCUT2D eigenvalue weighted by atomic mass is 9.94. The molecule has 0 aliphatic carbocycles. The molecule has 444 valence electrons. The highest BCUT2D eigenvalue weighted by Gasteiger charge is 2.38. The molecule has 6 heterocycles. The maximum atomic E-state index is 6.15. The van der Waals surface area contributed by atoms with Gasteiger partial charge >= 0.3 is 0 Å². The molecule has 0 saturated carbocycles. The Morgan fingerprint density at radius 2 is 0.548 bits per heavy atom. The standard InChI is InChI=1S/C85H63N7S/c1-48-23-31-58-59-32-24-49(2)40-70(59)89(69(58)39-48)80-78(68-47-67(56-17-11-9-12-18-56)86-84(87-68)57-19-13-10-14-20-57)81(90-71-41-50(3)25-33-60(71)61-34-26-51(4)42-72(61)90)83(92-75-45-54(7)29-37-64(75)65-38-30-55(8)46-76(65)92)79(85-88-66-21-15-16-22-77(66)93-85)82(80)91-73-43-52(5)27-35-62(73)63-36-28-53(6)44-74(63)91/h9-47H,1-8H3. The zero-order valence-electron chi connectivity index (χ0n) is 53.1. The molecule has 6 aromatic heterocycles. The van der Waals surface area contributed by atoms with Crippen molar-refractivity contribution >= 4 is 109 Å². The zero-order chi connectivity index (χ0) is 62.7. The SMILES string of the molecule is Cc1ccc2c3ccc(C)cc3n(-c3c(-c4cc(-c5ccccc5)nc(-c5ccccc5)n4)c(-n4c5cc(C)ccc5c5ccc(C)cc54)c(-n4c5cc(C)ccc5c5ccc(C)cc54)c(-c4nc5ccccc5s4)c3-n3c4cc(C)ccc4c4ccc(C)cc43)c2c1. The van der Waals surface area contributed by atoms with Crippen molar-refractivity contribution in [2.75, 3.05) is 0 Å². The van der Waals surface area contributed by atoms with Gasteiger partial charge in [-0.05, 0) is 167 Å². The van der Waals surface area contributed by atoms with E-state index in [2.05, 4.69) is 310 Å². The molecule has 0 saturated heterocycles. The van der Waals surface area contributed by atoms with Crippen LogP contribution in [-0.2, 0) is 0 Å². The van der Waals surface area contributed by atoms with Crippen molar-refractivity contribution in [3.8, 4) is 67.2 Å². The van der Waals surface area contributed by atoms with Crippen LogP contribution in [0.3, 0.4) is 0 Å². The lowest BCUT2D eigenvalue weighted by molar-refractivity contribution is 1.04. The van der Waals surface area contributed by atoms with Crippen molar-refractivity contribution in [3.63, 3.8) is 0 Å². The minimum atomic E-state index is 0.622. The van der Waals surface area contributed by atoms with Crippen LogP contribution < -0.4 is 0 Å². The van der Waals surface area contributed by atoms with Gasteiger partial charge in [-0.3, -0.25) is 0 Å². The smallest absolute Gasteiger partial charge is 0.160 e. The summed E-state index contributed by atoms with van der Waals surface area (Å²) in [6.07, 6.45) is 0. The zero-order valence-corrected chi connectivity index (χ0v) is 53.9. The Kier molecular flexibility index (Phi) is 12.2. The Labute approximate surface area is 542 Å². The van der Waals surface area contributed by atoms with Crippen molar-refractivity contribution in [2.45, 2.75) is 55.4 Å². The number of aromatic nitrogens is 7. The van der Waals surface area contributed by atoms with E-state index in [-0.39, 0.29) is 0 Å². The predicted molar refractivity (Wildman–Crippen MR) is 392 cm³/mol. The van der Waals surface area contributed by atoms with Crippen LogP contribution >= 0.6 is 11.3 Å². The molecule has 18 aromatic rings. The number of fused-ring (bicyclic) bond motifs is 13. The number of thiazole rings is 1. The Morgan fingerprint density at radius 1 is 0.258 bits per heavy atom. The fourth-order valence-electron chi connectivity index (χ4n) is 15.0. The van der Waals surface area contributed by atoms with Crippen LogP contribution in [0.1, 0.15) is 44.5 Å².